The van der Waals surface area contributed by atoms with Gasteiger partial charge in [-0.1, -0.05) is 19.9 Å². The van der Waals surface area contributed by atoms with Gasteiger partial charge < -0.3 is 11.1 Å². The minimum Gasteiger partial charge on any atom is -0.349 e. The molecule has 0 aromatic heterocycles. The lowest BCUT2D eigenvalue weighted by molar-refractivity contribution is 0.0920. The van der Waals surface area contributed by atoms with Crippen LogP contribution in [0, 0.1) is 18.7 Å². The van der Waals surface area contributed by atoms with Crippen molar-refractivity contribution in [3.05, 3.63) is 35.1 Å². The van der Waals surface area contributed by atoms with Crippen LogP contribution in [0.5, 0.6) is 0 Å². The van der Waals surface area contributed by atoms with E-state index in [1.807, 2.05) is 13.8 Å². The van der Waals surface area contributed by atoms with Crippen molar-refractivity contribution >= 4 is 5.91 Å². The molecular formula is C14H21FN2O. The van der Waals surface area contributed by atoms with Gasteiger partial charge in [-0.3, -0.25) is 4.79 Å². The molecule has 0 saturated carbocycles. The molecular weight excluding hydrogens is 231 g/mol. The summed E-state index contributed by atoms with van der Waals surface area (Å²) in [6.07, 6.45) is 0.691. The van der Waals surface area contributed by atoms with E-state index in [1.54, 1.807) is 13.0 Å². The maximum Gasteiger partial charge on any atom is 0.254 e. The summed E-state index contributed by atoms with van der Waals surface area (Å²) in [4.78, 5) is 12.0. The minimum atomic E-state index is -0.484. The first-order chi connectivity index (χ1) is 8.45. The number of nitrogens with two attached hydrogens (primary N) is 1. The normalized spacial score (nSPS) is 12.6. The molecule has 0 bridgehead atoms. The summed E-state index contributed by atoms with van der Waals surface area (Å²) in [6.45, 7) is 6.30. The molecule has 0 fully saturated rings. The molecule has 0 heterocycles. The summed E-state index contributed by atoms with van der Waals surface area (Å²) in [5, 5.41) is 2.84. The van der Waals surface area contributed by atoms with Crippen molar-refractivity contribution in [3.8, 4) is 0 Å². The molecule has 1 amide bonds. The fourth-order valence-electron chi connectivity index (χ4n) is 1.80. The van der Waals surface area contributed by atoms with Gasteiger partial charge in [-0.15, -0.1) is 0 Å². The quantitative estimate of drug-likeness (QED) is 0.844. The Hall–Kier alpha value is -1.42. The summed E-state index contributed by atoms with van der Waals surface area (Å²) in [7, 11) is 0. The van der Waals surface area contributed by atoms with Gasteiger partial charge in [0.25, 0.3) is 5.91 Å². The molecule has 1 aromatic rings. The lowest BCUT2D eigenvalue weighted by Crippen LogP contribution is -2.40. The van der Waals surface area contributed by atoms with Gasteiger partial charge in [0.1, 0.15) is 5.82 Å². The second kappa shape index (κ2) is 6.50. The number of rotatable bonds is 5. The van der Waals surface area contributed by atoms with Gasteiger partial charge in [0.15, 0.2) is 0 Å². The van der Waals surface area contributed by atoms with Gasteiger partial charge in [-0.05, 0) is 43.5 Å². The molecule has 18 heavy (non-hydrogen) atoms. The summed E-state index contributed by atoms with van der Waals surface area (Å²) < 4.78 is 13.7. The molecule has 3 N–H and O–H groups in total. The van der Waals surface area contributed by atoms with Crippen LogP contribution in [0.15, 0.2) is 18.2 Å². The Bertz CT molecular complexity index is 418. The standard InChI is InChI=1S/C14H21FN2O/c1-9(2)13(6-7-16)17-14(18)11-5-4-10(3)8-12(11)15/h4-5,8-9,13H,6-7,16H2,1-3H3,(H,17,18). The maximum atomic E-state index is 13.7. The first kappa shape index (κ1) is 14.6. The van der Waals surface area contributed by atoms with Crippen LogP contribution in [-0.2, 0) is 0 Å². The van der Waals surface area contributed by atoms with Crippen LogP contribution in [0.2, 0.25) is 0 Å². The Kier molecular flexibility index (Phi) is 5.28. The van der Waals surface area contributed by atoms with E-state index in [1.165, 1.54) is 12.1 Å². The Balaban J connectivity index is 2.80. The van der Waals surface area contributed by atoms with Crippen LogP contribution in [-0.4, -0.2) is 18.5 Å². The number of nitrogens with one attached hydrogen (secondary N) is 1. The highest BCUT2D eigenvalue weighted by atomic mass is 19.1. The Labute approximate surface area is 108 Å². The predicted octanol–water partition coefficient (Wildman–Crippen LogP) is 2.24. The van der Waals surface area contributed by atoms with E-state index in [2.05, 4.69) is 5.32 Å². The van der Waals surface area contributed by atoms with Crippen LogP contribution in [0.25, 0.3) is 0 Å². The van der Waals surface area contributed by atoms with Crippen molar-refractivity contribution in [3.63, 3.8) is 0 Å². The van der Waals surface area contributed by atoms with Crippen molar-refractivity contribution in [2.45, 2.75) is 33.2 Å². The molecule has 0 spiro atoms. The average Bonchev–Trinajstić information content (AvgIpc) is 2.27. The van der Waals surface area contributed by atoms with Crippen molar-refractivity contribution < 1.29 is 9.18 Å². The van der Waals surface area contributed by atoms with E-state index < -0.39 is 5.82 Å². The summed E-state index contributed by atoms with van der Waals surface area (Å²) in [5.74, 6) is -0.589. The van der Waals surface area contributed by atoms with Crippen LogP contribution >= 0.6 is 0 Å². The highest BCUT2D eigenvalue weighted by molar-refractivity contribution is 5.94. The van der Waals surface area contributed by atoms with Gasteiger partial charge in [0.05, 0.1) is 5.56 Å². The molecule has 1 unspecified atom stereocenters. The molecule has 4 heteroatoms. The molecule has 0 saturated heterocycles. The van der Waals surface area contributed by atoms with E-state index >= 15 is 0 Å². The smallest absolute Gasteiger partial charge is 0.254 e. The first-order valence-corrected chi connectivity index (χ1v) is 6.22. The summed E-state index contributed by atoms with van der Waals surface area (Å²) in [6, 6.07) is 4.58. The van der Waals surface area contributed by atoms with E-state index in [9.17, 15) is 9.18 Å². The lowest BCUT2D eigenvalue weighted by Gasteiger charge is -2.21. The number of hydrogen-bond acceptors (Lipinski definition) is 2. The van der Waals surface area contributed by atoms with Crippen molar-refractivity contribution in [1.82, 2.24) is 5.32 Å². The number of halogens is 1. The molecule has 3 nitrogen and oxygen atoms in total. The molecule has 1 aromatic carbocycles. The Morgan fingerprint density at radius 3 is 2.61 bits per heavy atom. The van der Waals surface area contributed by atoms with Gasteiger partial charge in [-0.25, -0.2) is 4.39 Å². The van der Waals surface area contributed by atoms with Crippen molar-refractivity contribution in [2.75, 3.05) is 6.54 Å². The van der Waals surface area contributed by atoms with Gasteiger partial charge in [0.2, 0.25) is 0 Å². The van der Waals surface area contributed by atoms with Gasteiger partial charge in [0, 0.05) is 6.04 Å². The molecule has 1 rings (SSSR count). The van der Waals surface area contributed by atoms with Crippen LogP contribution < -0.4 is 11.1 Å². The zero-order chi connectivity index (χ0) is 13.7. The van der Waals surface area contributed by atoms with Crippen LogP contribution in [0.3, 0.4) is 0 Å². The number of hydrogen-bond donors (Lipinski definition) is 2. The third-order valence-corrected chi connectivity index (χ3v) is 2.97. The SMILES string of the molecule is Cc1ccc(C(=O)NC(CCN)C(C)C)c(F)c1. The topological polar surface area (TPSA) is 55.1 Å². The van der Waals surface area contributed by atoms with Crippen LogP contribution in [0.4, 0.5) is 4.39 Å². The minimum absolute atomic E-state index is 0.0248. The molecule has 100 valence electrons. The Morgan fingerprint density at radius 2 is 2.11 bits per heavy atom. The van der Waals surface area contributed by atoms with E-state index in [0.29, 0.717) is 13.0 Å². The monoisotopic (exact) mass is 252 g/mol. The highest BCUT2D eigenvalue weighted by Gasteiger charge is 2.18. The van der Waals surface area contributed by atoms with Crippen molar-refractivity contribution in [2.24, 2.45) is 11.7 Å². The van der Waals surface area contributed by atoms with Crippen molar-refractivity contribution in [1.29, 1.82) is 0 Å². The highest BCUT2D eigenvalue weighted by Crippen LogP contribution is 2.12. The maximum absolute atomic E-state index is 13.7. The number of benzene rings is 1. The average molecular weight is 252 g/mol. The number of amides is 1. The van der Waals surface area contributed by atoms with E-state index in [-0.39, 0.29) is 23.4 Å². The predicted molar refractivity (Wildman–Crippen MR) is 70.9 cm³/mol. The number of carbonyl (C=O) groups is 1. The second-order valence-electron chi connectivity index (χ2n) is 4.88. The molecule has 0 aliphatic carbocycles. The van der Waals surface area contributed by atoms with Gasteiger partial charge >= 0.3 is 0 Å². The largest absolute Gasteiger partial charge is 0.349 e. The third-order valence-electron chi connectivity index (χ3n) is 2.97. The summed E-state index contributed by atoms with van der Waals surface area (Å²) >= 11 is 0. The van der Waals surface area contributed by atoms with Crippen LogP contribution in [0.1, 0.15) is 36.2 Å². The number of aryl methyl sites for hydroxylation is 1. The van der Waals surface area contributed by atoms with E-state index in [0.717, 1.165) is 5.56 Å². The lowest BCUT2D eigenvalue weighted by atomic mass is 10.0. The zero-order valence-electron chi connectivity index (χ0n) is 11.2. The van der Waals surface area contributed by atoms with Gasteiger partial charge in [-0.2, -0.15) is 0 Å². The second-order valence-corrected chi connectivity index (χ2v) is 4.88. The molecule has 0 aliphatic heterocycles. The molecule has 1 atom stereocenters. The Morgan fingerprint density at radius 1 is 1.44 bits per heavy atom. The van der Waals surface area contributed by atoms with E-state index in [4.69, 9.17) is 5.73 Å². The number of carbonyl (C=O) groups excluding carboxylic acids is 1. The fourth-order valence-corrected chi connectivity index (χ4v) is 1.80. The zero-order valence-corrected chi connectivity index (χ0v) is 11.2. The first-order valence-electron chi connectivity index (χ1n) is 6.22. The fraction of sp³-hybridized carbons (Fsp3) is 0.500. The third kappa shape index (κ3) is 3.81. The summed E-state index contributed by atoms with van der Waals surface area (Å²) in [5.41, 5.74) is 6.39. The molecule has 0 aliphatic rings. The molecule has 0 radical (unpaired) electrons.